The summed E-state index contributed by atoms with van der Waals surface area (Å²) in [7, 11) is 1.56. The second-order valence-corrected chi connectivity index (χ2v) is 6.87. The van der Waals surface area contributed by atoms with Gasteiger partial charge >= 0.3 is 0 Å². The number of methoxy groups -OCH3 is 1. The van der Waals surface area contributed by atoms with E-state index in [0.717, 1.165) is 22.4 Å². The van der Waals surface area contributed by atoms with Crippen molar-refractivity contribution >= 4 is 23.2 Å². The van der Waals surface area contributed by atoms with Crippen LogP contribution in [-0.2, 0) is 9.59 Å². The standard InChI is InChI=1S/C22H29N3O3/c1-6-25(13-20(26)23-18-9-7-8-10-19(18)28-5)14-21(27)24-22-16(3)11-15(2)12-17(22)4/h7-12H,6,13-14H2,1-5H3,(H,23,26)(H,24,27). The second kappa shape index (κ2) is 9.90. The minimum Gasteiger partial charge on any atom is -0.495 e. The first-order valence-electron chi connectivity index (χ1n) is 9.37. The van der Waals surface area contributed by atoms with E-state index in [1.807, 2.05) is 52.0 Å². The fraction of sp³-hybridized carbons (Fsp3) is 0.364. The SMILES string of the molecule is CCN(CC(=O)Nc1ccccc1OC)CC(=O)Nc1c(C)cc(C)cc1C. The van der Waals surface area contributed by atoms with Crippen molar-refractivity contribution in [2.45, 2.75) is 27.7 Å². The number of likely N-dealkylation sites (N-methyl/N-ethyl adjacent to an activating group) is 1. The van der Waals surface area contributed by atoms with Crippen molar-refractivity contribution in [3.63, 3.8) is 0 Å². The highest BCUT2D eigenvalue weighted by Gasteiger charge is 2.16. The zero-order valence-electron chi connectivity index (χ0n) is 17.3. The van der Waals surface area contributed by atoms with Gasteiger partial charge in [-0.1, -0.05) is 36.8 Å². The number of benzene rings is 2. The van der Waals surface area contributed by atoms with E-state index in [1.54, 1.807) is 24.1 Å². The van der Waals surface area contributed by atoms with Gasteiger partial charge in [0.05, 0.1) is 25.9 Å². The Kier molecular flexibility index (Phi) is 7.58. The van der Waals surface area contributed by atoms with Crippen molar-refractivity contribution in [1.82, 2.24) is 4.90 Å². The molecule has 2 aromatic carbocycles. The number of para-hydroxylation sites is 2. The molecule has 2 rings (SSSR count). The van der Waals surface area contributed by atoms with Crippen molar-refractivity contribution in [1.29, 1.82) is 0 Å². The molecule has 0 aliphatic rings. The zero-order valence-corrected chi connectivity index (χ0v) is 17.3. The number of hydrogen-bond acceptors (Lipinski definition) is 4. The van der Waals surface area contributed by atoms with Gasteiger partial charge in [-0.15, -0.1) is 0 Å². The van der Waals surface area contributed by atoms with E-state index in [2.05, 4.69) is 10.6 Å². The van der Waals surface area contributed by atoms with E-state index in [4.69, 9.17) is 4.74 Å². The van der Waals surface area contributed by atoms with Crippen LogP contribution in [0.1, 0.15) is 23.6 Å². The first-order valence-corrected chi connectivity index (χ1v) is 9.37. The summed E-state index contributed by atoms with van der Waals surface area (Å²) < 4.78 is 5.25. The van der Waals surface area contributed by atoms with Gasteiger partial charge < -0.3 is 15.4 Å². The van der Waals surface area contributed by atoms with E-state index in [0.29, 0.717) is 18.0 Å². The van der Waals surface area contributed by atoms with Crippen molar-refractivity contribution in [2.24, 2.45) is 0 Å². The number of nitrogens with zero attached hydrogens (tertiary/aromatic N) is 1. The Morgan fingerprint density at radius 2 is 1.54 bits per heavy atom. The molecule has 2 N–H and O–H groups in total. The molecule has 0 saturated heterocycles. The smallest absolute Gasteiger partial charge is 0.238 e. The summed E-state index contributed by atoms with van der Waals surface area (Å²) >= 11 is 0. The third-order valence-electron chi connectivity index (χ3n) is 4.50. The van der Waals surface area contributed by atoms with Gasteiger partial charge in [-0.2, -0.15) is 0 Å². The lowest BCUT2D eigenvalue weighted by Gasteiger charge is -2.21. The van der Waals surface area contributed by atoms with Crippen LogP contribution in [0.3, 0.4) is 0 Å². The number of carbonyl (C=O) groups excluding carboxylic acids is 2. The van der Waals surface area contributed by atoms with Gasteiger partial charge in [-0.05, 0) is 50.6 Å². The molecule has 2 aromatic rings. The van der Waals surface area contributed by atoms with E-state index in [1.165, 1.54) is 0 Å². The second-order valence-electron chi connectivity index (χ2n) is 6.87. The Balaban J connectivity index is 1.96. The minimum atomic E-state index is -0.193. The van der Waals surface area contributed by atoms with Crippen molar-refractivity contribution in [3.8, 4) is 5.75 Å². The van der Waals surface area contributed by atoms with Crippen molar-refractivity contribution in [2.75, 3.05) is 37.4 Å². The highest BCUT2D eigenvalue weighted by atomic mass is 16.5. The molecule has 0 unspecified atom stereocenters. The first-order chi connectivity index (χ1) is 13.3. The van der Waals surface area contributed by atoms with E-state index in [-0.39, 0.29) is 24.9 Å². The van der Waals surface area contributed by atoms with Crippen LogP contribution in [-0.4, -0.2) is 43.5 Å². The molecular formula is C22H29N3O3. The highest BCUT2D eigenvalue weighted by Crippen LogP contribution is 2.23. The van der Waals surface area contributed by atoms with Gasteiger partial charge in [-0.3, -0.25) is 14.5 Å². The average Bonchev–Trinajstić information content (AvgIpc) is 2.64. The van der Waals surface area contributed by atoms with Gasteiger partial charge in [0.2, 0.25) is 11.8 Å². The summed E-state index contributed by atoms with van der Waals surface area (Å²) in [6, 6.07) is 11.3. The Bertz CT molecular complexity index is 826. The molecule has 2 amide bonds. The Morgan fingerprint density at radius 3 is 2.11 bits per heavy atom. The number of ether oxygens (including phenoxy) is 1. The van der Waals surface area contributed by atoms with Crippen LogP contribution >= 0.6 is 0 Å². The van der Waals surface area contributed by atoms with Crippen LogP contribution in [0.2, 0.25) is 0 Å². The summed E-state index contributed by atoms with van der Waals surface area (Å²) in [6.45, 7) is 8.76. The fourth-order valence-electron chi connectivity index (χ4n) is 3.18. The number of aryl methyl sites for hydroxylation is 3. The number of anilines is 2. The van der Waals surface area contributed by atoms with Crippen LogP contribution < -0.4 is 15.4 Å². The summed E-state index contributed by atoms with van der Waals surface area (Å²) in [5, 5.41) is 5.82. The number of nitrogens with one attached hydrogen (secondary N) is 2. The largest absolute Gasteiger partial charge is 0.495 e. The van der Waals surface area contributed by atoms with Gasteiger partial charge in [0.1, 0.15) is 5.75 Å². The fourth-order valence-corrected chi connectivity index (χ4v) is 3.18. The van der Waals surface area contributed by atoms with Gasteiger partial charge in [0.15, 0.2) is 0 Å². The summed E-state index contributed by atoms with van der Waals surface area (Å²) in [5.74, 6) is 0.269. The molecule has 0 radical (unpaired) electrons. The monoisotopic (exact) mass is 383 g/mol. The van der Waals surface area contributed by atoms with Crippen molar-refractivity contribution < 1.29 is 14.3 Å². The summed E-state index contributed by atoms with van der Waals surface area (Å²) in [5.41, 5.74) is 4.67. The van der Waals surface area contributed by atoms with Crippen molar-refractivity contribution in [3.05, 3.63) is 53.1 Å². The average molecular weight is 383 g/mol. The van der Waals surface area contributed by atoms with Crippen LogP contribution in [0.15, 0.2) is 36.4 Å². The van der Waals surface area contributed by atoms with Crippen LogP contribution in [0, 0.1) is 20.8 Å². The topological polar surface area (TPSA) is 70.7 Å². The van der Waals surface area contributed by atoms with Gasteiger partial charge in [0, 0.05) is 5.69 Å². The molecule has 0 fully saturated rings. The molecule has 0 aromatic heterocycles. The maximum Gasteiger partial charge on any atom is 0.238 e. The van der Waals surface area contributed by atoms with Gasteiger partial charge in [-0.25, -0.2) is 0 Å². The van der Waals surface area contributed by atoms with Gasteiger partial charge in [0.25, 0.3) is 0 Å². The minimum absolute atomic E-state index is 0.119. The highest BCUT2D eigenvalue weighted by molar-refractivity contribution is 5.96. The number of rotatable bonds is 8. The summed E-state index contributed by atoms with van der Waals surface area (Å²) in [4.78, 5) is 26.7. The molecule has 6 heteroatoms. The molecule has 0 aliphatic carbocycles. The van der Waals surface area contributed by atoms with E-state index < -0.39 is 0 Å². The Hall–Kier alpha value is -2.86. The maximum atomic E-state index is 12.5. The molecule has 150 valence electrons. The molecule has 0 atom stereocenters. The quantitative estimate of drug-likeness (QED) is 0.732. The lowest BCUT2D eigenvalue weighted by Crippen LogP contribution is -2.38. The molecule has 0 heterocycles. The third-order valence-corrected chi connectivity index (χ3v) is 4.50. The number of hydrogen-bond donors (Lipinski definition) is 2. The lowest BCUT2D eigenvalue weighted by molar-refractivity contribution is -0.119. The Morgan fingerprint density at radius 1 is 0.964 bits per heavy atom. The number of carbonyl (C=O) groups is 2. The molecule has 6 nitrogen and oxygen atoms in total. The molecule has 0 aliphatic heterocycles. The molecule has 0 bridgehead atoms. The maximum absolute atomic E-state index is 12.5. The van der Waals surface area contributed by atoms with E-state index in [9.17, 15) is 9.59 Å². The van der Waals surface area contributed by atoms with E-state index >= 15 is 0 Å². The zero-order chi connectivity index (χ0) is 20.7. The van der Waals surface area contributed by atoms with Crippen LogP contribution in [0.5, 0.6) is 5.75 Å². The summed E-state index contributed by atoms with van der Waals surface area (Å²) in [6.07, 6.45) is 0. The normalized spacial score (nSPS) is 10.6. The molecular weight excluding hydrogens is 354 g/mol. The molecule has 28 heavy (non-hydrogen) atoms. The first kappa shape index (κ1) is 21.4. The predicted octanol–water partition coefficient (Wildman–Crippen LogP) is 3.52. The lowest BCUT2D eigenvalue weighted by atomic mass is 10.1. The molecule has 0 spiro atoms. The Labute approximate surface area is 166 Å². The number of amides is 2. The third kappa shape index (κ3) is 5.82. The van der Waals surface area contributed by atoms with Crippen LogP contribution in [0.4, 0.5) is 11.4 Å². The van der Waals surface area contributed by atoms with Crippen LogP contribution in [0.25, 0.3) is 0 Å². The molecule has 0 saturated carbocycles. The predicted molar refractivity (Wildman–Crippen MR) is 113 cm³/mol.